The number of imidazole rings is 1. The first-order valence-electron chi connectivity index (χ1n) is 8.81. The van der Waals surface area contributed by atoms with E-state index < -0.39 is 10.0 Å². The first-order chi connectivity index (χ1) is 11.9. The van der Waals surface area contributed by atoms with Crippen LogP contribution in [0.15, 0.2) is 17.6 Å². The molecule has 3 saturated heterocycles. The van der Waals surface area contributed by atoms with Gasteiger partial charge in [0.05, 0.1) is 11.9 Å². The molecule has 0 aromatic carbocycles. The van der Waals surface area contributed by atoms with Gasteiger partial charge >= 0.3 is 0 Å². The van der Waals surface area contributed by atoms with Crippen LogP contribution < -0.4 is 0 Å². The summed E-state index contributed by atoms with van der Waals surface area (Å²) in [5.41, 5.74) is -0.384. The van der Waals surface area contributed by atoms with Crippen molar-refractivity contribution in [2.45, 2.75) is 36.3 Å². The van der Waals surface area contributed by atoms with Crippen molar-refractivity contribution >= 4 is 15.9 Å². The third kappa shape index (κ3) is 2.88. The quantitative estimate of drug-likeness (QED) is 0.742. The second kappa shape index (κ2) is 6.07. The third-order valence-electron chi connectivity index (χ3n) is 5.69. The standard InChI is InChI=1S/C16H24N4O4S/c1-18-9-14(17-12-18)25(22,23)20-10-16(11-20)13(5-8-24-16)4-7-19-6-2-3-15(19)21/h9,12-13H,2-8,10-11H2,1H3/t13-/m1/s1. The van der Waals surface area contributed by atoms with Crippen molar-refractivity contribution in [2.75, 3.05) is 32.8 Å². The number of ether oxygens (including phenoxy) is 1. The van der Waals surface area contributed by atoms with Crippen LogP contribution in [0.1, 0.15) is 25.7 Å². The number of aryl methyl sites for hydroxylation is 1. The molecule has 138 valence electrons. The summed E-state index contributed by atoms with van der Waals surface area (Å²) >= 11 is 0. The molecule has 0 saturated carbocycles. The summed E-state index contributed by atoms with van der Waals surface area (Å²) in [5, 5.41) is 0.0852. The Bertz CT molecular complexity index is 769. The van der Waals surface area contributed by atoms with Gasteiger partial charge in [0.15, 0.2) is 5.03 Å². The van der Waals surface area contributed by atoms with Crippen LogP contribution >= 0.6 is 0 Å². The molecule has 4 heterocycles. The second-order valence-corrected chi connectivity index (χ2v) is 9.21. The maximum absolute atomic E-state index is 12.6. The molecule has 0 radical (unpaired) electrons. The van der Waals surface area contributed by atoms with Gasteiger partial charge in [-0.3, -0.25) is 4.79 Å². The van der Waals surface area contributed by atoms with E-state index in [1.165, 1.54) is 16.8 Å². The summed E-state index contributed by atoms with van der Waals surface area (Å²) in [4.78, 5) is 17.7. The van der Waals surface area contributed by atoms with Crippen molar-refractivity contribution in [1.82, 2.24) is 18.8 Å². The zero-order valence-electron chi connectivity index (χ0n) is 14.4. The van der Waals surface area contributed by atoms with E-state index in [2.05, 4.69) is 4.98 Å². The van der Waals surface area contributed by atoms with E-state index in [-0.39, 0.29) is 16.5 Å². The van der Waals surface area contributed by atoms with Crippen molar-refractivity contribution in [3.63, 3.8) is 0 Å². The van der Waals surface area contributed by atoms with Crippen LogP contribution in [0.2, 0.25) is 0 Å². The molecule has 4 rings (SSSR count). The normalized spacial score (nSPS) is 26.5. The van der Waals surface area contributed by atoms with E-state index >= 15 is 0 Å². The number of hydrogen-bond donors (Lipinski definition) is 0. The molecule has 3 aliphatic heterocycles. The molecule has 9 heteroatoms. The molecule has 0 unspecified atom stereocenters. The predicted molar refractivity (Wildman–Crippen MR) is 89.2 cm³/mol. The summed E-state index contributed by atoms with van der Waals surface area (Å²) < 4.78 is 34.3. The van der Waals surface area contributed by atoms with Gasteiger partial charge in [-0.1, -0.05) is 0 Å². The van der Waals surface area contributed by atoms with Crippen LogP contribution in [-0.4, -0.2) is 71.5 Å². The summed E-state index contributed by atoms with van der Waals surface area (Å²) in [6, 6.07) is 0. The van der Waals surface area contributed by atoms with E-state index in [0.717, 1.165) is 32.4 Å². The lowest BCUT2D eigenvalue weighted by atomic mass is 9.80. The second-order valence-electron chi connectivity index (χ2n) is 7.32. The number of sulfonamides is 1. The molecule has 1 aromatic heterocycles. The van der Waals surface area contributed by atoms with Crippen LogP contribution in [0.5, 0.6) is 0 Å². The lowest BCUT2D eigenvalue weighted by molar-refractivity contribution is -0.128. The Morgan fingerprint density at radius 2 is 2.20 bits per heavy atom. The topological polar surface area (TPSA) is 84.7 Å². The molecule has 1 aromatic rings. The highest BCUT2D eigenvalue weighted by Crippen LogP contribution is 2.43. The highest BCUT2D eigenvalue weighted by Gasteiger charge is 2.56. The molecule has 0 N–H and O–H groups in total. The lowest BCUT2D eigenvalue weighted by Crippen LogP contribution is -2.66. The predicted octanol–water partition coefficient (Wildman–Crippen LogP) is 0.212. The summed E-state index contributed by atoms with van der Waals surface area (Å²) in [5.74, 6) is 0.539. The van der Waals surface area contributed by atoms with Crippen molar-refractivity contribution in [2.24, 2.45) is 13.0 Å². The Balaban J connectivity index is 1.39. The van der Waals surface area contributed by atoms with E-state index in [1.807, 2.05) is 4.90 Å². The van der Waals surface area contributed by atoms with Crippen molar-refractivity contribution in [3.05, 3.63) is 12.5 Å². The number of aromatic nitrogens is 2. The Hall–Kier alpha value is -1.45. The minimum Gasteiger partial charge on any atom is -0.372 e. The van der Waals surface area contributed by atoms with Crippen LogP contribution in [-0.2, 0) is 26.6 Å². The fraction of sp³-hybridized carbons (Fsp3) is 0.750. The number of amides is 1. The number of nitrogens with zero attached hydrogens (tertiary/aromatic N) is 4. The molecule has 1 atom stereocenters. The summed E-state index contributed by atoms with van der Waals surface area (Å²) in [7, 11) is -1.80. The van der Waals surface area contributed by atoms with Gasteiger partial charge in [-0.25, -0.2) is 13.4 Å². The Labute approximate surface area is 147 Å². The summed E-state index contributed by atoms with van der Waals surface area (Å²) in [6.45, 7) is 3.02. The maximum Gasteiger partial charge on any atom is 0.262 e. The van der Waals surface area contributed by atoms with E-state index in [9.17, 15) is 13.2 Å². The van der Waals surface area contributed by atoms with Crippen molar-refractivity contribution < 1.29 is 17.9 Å². The van der Waals surface area contributed by atoms with Crippen molar-refractivity contribution in [1.29, 1.82) is 0 Å². The molecule has 1 amide bonds. The molecule has 3 fully saturated rings. The van der Waals surface area contributed by atoms with E-state index in [1.54, 1.807) is 11.6 Å². The van der Waals surface area contributed by atoms with Crippen LogP contribution in [0.4, 0.5) is 0 Å². The van der Waals surface area contributed by atoms with Crippen LogP contribution in [0.25, 0.3) is 0 Å². The first-order valence-corrected chi connectivity index (χ1v) is 10.2. The largest absolute Gasteiger partial charge is 0.372 e. The molecule has 8 nitrogen and oxygen atoms in total. The van der Waals surface area contributed by atoms with Gasteiger partial charge in [0.2, 0.25) is 5.91 Å². The Morgan fingerprint density at radius 3 is 2.84 bits per heavy atom. The Kier molecular flexibility index (Phi) is 4.12. The van der Waals surface area contributed by atoms with Crippen LogP contribution in [0.3, 0.4) is 0 Å². The van der Waals surface area contributed by atoms with Gasteiger partial charge in [-0.15, -0.1) is 0 Å². The van der Waals surface area contributed by atoms with E-state index in [0.29, 0.717) is 32.0 Å². The fourth-order valence-electron chi connectivity index (χ4n) is 4.17. The van der Waals surface area contributed by atoms with Gasteiger partial charge in [0.1, 0.15) is 0 Å². The maximum atomic E-state index is 12.6. The average Bonchev–Trinajstić information content (AvgIpc) is 3.23. The third-order valence-corrected chi connectivity index (χ3v) is 7.37. The number of likely N-dealkylation sites (tertiary alicyclic amines) is 1. The zero-order chi connectivity index (χ0) is 17.7. The fourth-order valence-corrected chi connectivity index (χ4v) is 5.69. The van der Waals surface area contributed by atoms with Crippen molar-refractivity contribution in [3.8, 4) is 0 Å². The van der Waals surface area contributed by atoms with Crippen LogP contribution in [0, 0.1) is 5.92 Å². The van der Waals surface area contributed by atoms with Gasteiger partial charge < -0.3 is 14.2 Å². The lowest BCUT2D eigenvalue weighted by Gasteiger charge is -2.49. The molecule has 25 heavy (non-hydrogen) atoms. The smallest absolute Gasteiger partial charge is 0.262 e. The molecular formula is C16H24N4O4S. The number of hydrogen-bond acceptors (Lipinski definition) is 5. The molecule has 0 bridgehead atoms. The van der Waals surface area contributed by atoms with E-state index in [4.69, 9.17) is 4.74 Å². The van der Waals surface area contributed by atoms with Gasteiger partial charge in [-0.2, -0.15) is 4.31 Å². The number of carbonyl (C=O) groups is 1. The monoisotopic (exact) mass is 368 g/mol. The molecule has 3 aliphatic rings. The SMILES string of the molecule is Cn1cnc(S(=O)(=O)N2CC3(C2)OCC[C@H]3CCN2CCCC2=O)c1. The summed E-state index contributed by atoms with van der Waals surface area (Å²) in [6.07, 6.45) is 6.42. The minimum absolute atomic E-state index is 0.0852. The highest BCUT2D eigenvalue weighted by atomic mass is 32.2. The van der Waals surface area contributed by atoms with Gasteiger partial charge in [0.25, 0.3) is 10.0 Å². The molecule has 1 spiro atoms. The highest BCUT2D eigenvalue weighted by molar-refractivity contribution is 7.89. The number of rotatable bonds is 5. The van der Waals surface area contributed by atoms with Gasteiger partial charge in [-0.05, 0) is 25.2 Å². The molecular weight excluding hydrogens is 344 g/mol. The Morgan fingerprint density at radius 1 is 1.40 bits per heavy atom. The number of carbonyl (C=O) groups excluding carboxylic acids is 1. The zero-order valence-corrected chi connectivity index (χ0v) is 15.2. The van der Waals surface area contributed by atoms with Gasteiger partial charge in [0, 0.05) is 52.5 Å². The minimum atomic E-state index is -3.55. The molecule has 0 aliphatic carbocycles. The first kappa shape index (κ1) is 17.0. The average molecular weight is 368 g/mol.